The van der Waals surface area contributed by atoms with Crippen LogP contribution in [0, 0.1) is 5.82 Å². The number of benzene rings is 1. The number of nitrogens with zero attached hydrogens (tertiary/aromatic N) is 1. The largest absolute Gasteiger partial charge is 0.496 e. The first-order valence-corrected chi connectivity index (χ1v) is 4.95. The van der Waals surface area contributed by atoms with Crippen molar-refractivity contribution < 1.29 is 19.0 Å². The van der Waals surface area contributed by atoms with Crippen LogP contribution < -0.4 is 10.5 Å². The molecule has 0 saturated carbocycles. The van der Waals surface area contributed by atoms with E-state index in [2.05, 4.69) is 10.2 Å². The Labute approximate surface area is 101 Å². The van der Waals surface area contributed by atoms with Crippen LogP contribution in [0.4, 0.5) is 10.2 Å². The molecule has 0 fully saturated rings. The van der Waals surface area contributed by atoms with Crippen molar-refractivity contribution in [3.63, 3.8) is 0 Å². The van der Waals surface area contributed by atoms with Gasteiger partial charge in [-0.25, -0.2) is 9.18 Å². The molecule has 0 aliphatic rings. The second-order valence-electron chi connectivity index (χ2n) is 3.51. The lowest BCUT2D eigenvalue weighted by Gasteiger charge is -2.07. The Hall–Kier alpha value is -2.57. The van der Waals surface area contributed by atoms with Crippen molar-refractivity contribution in [3.05, 3.63) is 29.6 Å². The zero-order valence-electron chi connectivity index (χ0n) is 9.40. The van der Waals surface area contributed by atoms with Crippen LogP contribution in [0.1, 0.15) is 10.4 Å². The van der Waals surface area contributed by atoms with Gasteiger partial charge in [0.2, 0.25) is 0 Å². The Morgan fingerprint density at radius 1 is 1.56 bits per heavy atom. The highest BCUT2D eigenvalue weighted by molar-refractivity contribution is 6.00. The third kappa shape index (κ3) is 1.86. The Morgan fingerprint density at radius 3 is 2.89 bits per heavy atom. The van der Waals surface area contributed by atoms with E-state index in [0.29, 0.717) is 5.75 Å². The first-order valence-electron chi connectivity index (χ1n) is 4.95. The van der Waals surface area contributed by atoms with Crippen LogP contribution in [0.2, 0.25) is 0 Å². The van der Waals surface area contributed by atoms with Crippen molar-refractivity contribution in [1.82, 2.24) is 10.2 Å². The van der Waals surface area contributed by atoms with E-state index in [-0.39, 0.29) is 22.6 Å². The number of aromatic amines is 1. The average Bonchev–Trinajstić information content (AvgIpc) is 2.71. The van der Waals surface area contributed by atoms with E-state index in [9.17, 15) is 9.18 Å². The number of hydrogen-bond donors (Lipinski definition) is 3. The van der Waals surface area contributed by atoms with Crippen LogP contribution in [0.15, 0.2) is 18.2 Å². The summed E-state index contributed by atoms with van der Waals surface area (Å²) in [6.07, 6.45) is 0. The van der Waals surface area contributed by atoms with E-state index in [1.807, 2.05) is 0 Å². The zero-order chi connectivity index (χ0) is 13.3. The molecule has 2 rings (SSSR count). The van der Waals surface area contributed by atoms with Gasteiger partial charge >= 0.3 is 5.97 Å². The maximum atomic E-state index is 13.2. The van der Waals surface area contributed by atoms with Crippen molar-refractivity contribution in [2.24, 2.45) is 0 Å². The van der Waals surface area contributed by atoms with Gasteiger partial charge in [-0.05, 0) is 18.2 Å². The quantitative estimate of drug-likeness (QED) is 0.767. The lowest BCUT2D eigenvalue weighted by molar-refractivity contribution is 0.0699. The average molecular weight is 251 g/mol. The number of rotatable bonds is 3. The number of aromatic nitrogens is 2. The maximum absolute atomic E-state index is 13.2. The summed E-state index contributed by atoms with van der Waals surface area (Å²) < 4.78 is 18.3. The predicted molar refractivity (Wildman–Crippen MR) is 61.9 cm³/mol. The van der Waals surface area contributed by atoms with E-state index in [1.165, 1.54) is 19.2 Å². The van der Waals surface area contributed by atoms with Gasteiger partial charge in [0.25, 0.3) is 0 Å². The number of nitrogen functional groups attached to an aromatic ring is 1. The van der Waals surface area contributed by atoms with E-state index in [1.54, 1.807) is 0 Å². The molecule has 2 aromatic rings. The molecule has 0 atom stereocenters. The van der Waals surface area contributed by atoms with Gasteiger partial charge in [0.1, 0.15) is 17.1 Å². The van der Waals surface area contributed by atoms with Crippen molar-refractivity contribution in [2.45, 2.75) is 0 Å². The van der Waals surface area contributed by atoms with Crippen LogP contribution in [0.5, 0.6) is 5.75 Å². The number of methoxy groups -OCH3 is 1. The highest BCUT2D eigenvalue weighted by Crippen LogP contribution is 2.33. The van der Waals surface area contributed by atoms with Crippen LogP contribution in [0.25, 0.3) is 11.3 Å². The molecule has 0 amide bonds. The van der Waals surface area contributed by atoms with Gasteiger partial charge in [-0.2, -0.15) is 5.10 Å². The molecule has 94 valence electrons. The molecule has 0 aliphatic carbocycles. The number of nitrogens with two attached hydrogens (primary N) is 1. The molecule has 0 saturated heterocycles. The Bertz CT molecular complexity index is 610. The van der Waals surface area contributed by atoms with Gasteiger partial charge in [-0.15, -0.1) is 0 Å². The summed E-state index contributed by atoms with van der Waals surface area (Å²) in [7, 11) is 1.40. The smallest absolute Gasteiger partial charge is 0.341 e. The minimum Gasteiger partial charge on any atom is -0.496 e. The lowest BCUT2D eigenvalue weighted by Crippen LogP contribution is -2.02. The normalized spacial score (nSPS) is 10.3. The number of aromatic carboxylic acids is 1. The second-order valence-corrected chi connectivity index (χ2v) is 3.51. The fraction of sp³-hybridized carbons (Fsp3) is 0.0909. The number of carboxylic acids is 1. The molecule has 1 heterocycles. The molecule has 0 bridgehead atoms. The van der Waals surface area contributed by atoms with Crippen LogP contribution in [-0.4, -0.2) is 28.4 Å². The van der Waals surface area contributed by atoms with Gasteiger partial charge < -0.3 is 15.6 Å². The molecular formula is C11H10FN3O3. The monoisotopic (exact) mass is 251 g/mol. The Morgan fingerprint density at radius 2 is 2.28 bits per heavy atom. The highest BCUT2D eigenvalue weighted by atomic mass is 19.1. The zero-order valence-corrected chi connectivity index (χ0v) is 9.40. The van der Waals surface area contributed by atoms with Gasteiger partial charge in [0.05, 0.1) is 12.8 Å². The summed E-state index contributed by atoms with van der Waals surface area (Å²) in [5, 5.41) is 15.1. The van der Waals surface area contributed by atoms with Gasteiger partial charge in [0.15, 0.2) is 5.82 Å². The number of anilines is 1. The highest BCUT2D eigenvalue weighted by Gasteiger charge is 2.21. The summed E-state index contributed by atoms with van der Waals surface area (Å²) in [6.45, 7) is 0. The topological polar surface area (TPSA) is 101 Å². The summed E-state index contributed by atoms with van der Waals surface area (Å²) in [4.78, 5) is 11.1. The van der Waals surface area contributed by atoms with Crippen molar-refractivity contribution in [2.75, 3.05) is 12.8 Å². The summed E-state index contributed by atoms with van der Waals surface area (Å²) in [5.41, 5.74) is 5.60. The standard InChI is InChI=1S/C11H10FN3O3/c1-18-7-3-2-5(12)4-6(7)9-8(11(16)17)10(13)15-14-9/h2-4H,1H3,(H,16,17)(H3,13,14,15). The van der Waals surface area contributed by atoms with Crippen molar-refractivity contribution in [1.29, 1.82) is 0 Å². The third-order valence-electron chi connectivity index (χ3n) is 2.44. The number of halogens is 1. The van der Waals surface area contributed by atoms with Crippen LogP contribution in [-0.2, 0) is 0 Å². The second kappa shape index (κ2) is 4.36. The fourth-order valence-electron chi connectivity index (χ4n) is 1.64. The van der Waals surface area contributed by atoms with Crippen LogP contribution >= 0.6 is 0 Å². The van der Waals surface area contributed by atoms with Crippen molar-refractivity contribution in [3.8, 4) is 17.0 Å². The predicted octanol–water partition coefficient (Wildman–Crippen LogP) is 1.50. The molecule has 0 radical (unpaired) electrons. The van der Waals surface area contributed by atoms with Crippen molar-refractivity contribution >= 4 is 11.8 Å². The number of carboxylic acid groups (broad SMARTS) is 1. The number of ether oxygens (including phenoxy) is 1. The molecule has 0 spiro atoms. The minimum atomic E-state index is -1.25. The van der Waals surface area contributed by atoms with E-state index in [0.717, 1.165) is 6.07 Å². The maximum Gasteiger partial charge on any atom is 0.341 e. The first kappa shape index (κ1) is 11.9. The first-order chi connectivity index (χ1) is 8.54. The Kier molecular flexibility index (Phi) is 2.88. The number of nitrogens with one attached hydrogen (secondary N) is 1. The third-order valence-corrected chi connectivity index (χ3v) is 2.44. The Balaban J connectivity index is 2.69. The molecule has 6 nitrogen and oxygen atoms in total. The summed E-state index contributed by atoms with van der Waals surface area (Å²) >= 11 is 0. The molecule has 0 aliphatic heterocycles. The van der Waals surface area contributed by atoms with E-state index >= 15 is 0 Å². The molecule has 1 aromatic carbocycles. The number of H-pyrrole nitrogens is 1. The summed E-state index contributed by atoms with van der Waals surface area (Å²) in [6, 6.07) is 3.76. The molecule has 7 heteroatoms. The molecule has 1 aromatic heterocycles. The molecule has 4 N–H and O–H groups in total. The SMILES string of the molecule is COc1ccc(F)cc1-c1[nH]nc(N)c1C(=O)O. The van der Waals surface area contributed by atoms with Gasteiger partial charge in [-0.3, -0.25) is 5.10 Å². The fourth-order valence-corrected chi connectivity index (χ4v) is 1.64. The van der Waals surface area contributed by atoms with Gasteiger partial charge in [0, 0.05) is 5.56 Å². The van der Waals surface area contributed by atoms with E-state index in [4.69, 9.17) is 15.6 Å². The minimum absolute atomic E-state index is 0.108. The molecule has 18 heavy (non-hydrogen) atoms. The molecule has 0 unspecified atom stereocenters. The lowest BCUT2D eigenvalue weighted by atomic mass is 10.1. The number of carbonyl (C=O) groups is 1. The van der Waals surface area contributed by atoms with Crippen LogP contribution in [0.3, 0.4) is 0 Å². The van der Waals surface area contributed by atoms with Gasteiger partial charge in [-0.1, -0.05) is 0 Å². The van der Waals surface area contributed by atoms with E-state index < -0.39 is 11.8 Å². The summed E-state index contributed by atoms with van der Waals surface area (Å²) in [5.74, 6) is -1.61. The number of hydrogen-bond acceptors (Lipinski definition) is 4. The molecular weight excluding hydrogens is 241 g/mol.